The summed E-state index contributed by atoms with van der Waals surface area (Å²) in [7, 11) is 0. The van der Waals surface area contributed by atoms with Crippen LogP contribution in [0, 0.1) is 5.82 Å². The van der Waals surface area contributed by atoms with Crippen LogP contribution in [0.25, 0.3) is 11.3 Å². The molecule has 3 rings (SSSR count). The van der Waals surface area contributed by atoms with Gasteiger partial charge in [0.2, 0.25) is 0 Å². The van der Waals surface area contributed by atoms with E-state index in [1.54, 1.807) is 18.5 Å². The van der Waals surface area contributed by atoms with Crippen molar-refractivity contribution >= 4 is 5.82 Å². The Morgan fingerprint density at radius 2 is 1.94 bits per heavy atom. The lowest BCUT2D eigenvalue weighted by Crippen LogP contribution is -1.99. The van der Waals surface area contributed by atoms with Crippen LogP contribution >= 0.6 is 0 Å². The molecule has 1 heterocycles. The first-order valence-corrected chi connectivity index (χ1v) is 5.34. The van der Waals surface area contributed by atoms with Crippen molar-refractivity contribution in [2.75, 3.05) is 5.73 Å². The average Bonchev–Trinajstić information content (AvgIpc) is 3.05. The molecule has 2 aromatic rings. The van der Waals surface area contributed by atoms with Gasteiger partial charge in [-0.15, -0.1) is 0 Å². The number of benzene rings is 1. The van der Waals surface area contributed by atoms with Gasteiger partial charge in [-0.05, 0) is 37.1 Å². The average molecular weight is 217 g/mol. The molecule has 2 N–H and O–H groups in total. The number of anilines is 1. The Bertz CT molecular complexity index is 512. The minimum atomic E-state index is -0.246. The van der Waals surface area contributed by atoms with Crippen molar-refractivity contribution in [3.05, 3.63) is 36.4 Å². The Morgan fingerprint density at radius 1 is 1.25 bits per heavy atom. The molecule has 0 aliphatic heterocycles. The predicted molar refractivity (Wildman–Crippen MR) is 60.3 cm³/mol. The van der Waals surface area contributed by atoms with Crippen molar-refractivity contribution in [2.24, 2.45) is 0 Å². The van der Waals surface area contributed by atoms with Gasteiger partial charge in [0.1, 0.15) is 17.3 Å². The van der Waals surface area contributed by atoms with Crippen LogP contribution in [0.2, 0.25) is 0 Å². The second-order valence-corrected chi connectivity index (χ2v) is 4.12. The van der Waals surface area contributed by atoms with Gasteiger partial charge in [0, 0.05) is 11.6 Å². The van der Waals surface area contributed by atoms with E-state index in [1.807, 2.05) is 4.57 Å². The van der Waals surface area contributed by atoms with Crippen LogP contribution in [0.15, 0.2) is 30.6 Å². The van der Waals surface area contributed by atoms with E-state index in [0.717, 1.165) is 11.3 Å². The van der Waals surface area contributed by atoms with E-state index in [0.29, 0.717) is 11.9 Å². The molecule has 0 atom stereocenters. The Labute approximate surface area is 92.7 Å². The van der Waals surface area contributed by atoms with E-state index in [2.05, 4.69) is 4.98 Å². The molecule has 1 saturated carbocycles. The lowest BCUT2D eigenvalue weighted by molar-refractivity contribution is 0.628. The number of imidazole rings is 1. The van der Waals surface area contributed by atoms with Crippen molar-refractivity contribution in [3.63, 3.8) is 0 Å². The molecule has 0 amide bonds. The topological polar surface area (TPSA) is 43.8 Å². The highest BCUT2D eigenvalue weighted by molar-refractivity contribution is 5.70. The van der Waals surface area contributed by atoms with E-state index >= 15 is 0 Å². The van der Waals surface area contributed by atoms with Crippen molar-refractivity contribution in [1.82, 2.24) is 9.55 Å². The summed E-state index contributed by atoms with van der Waals surface area (Å²) in [6, 6.07) is 6.76. The molecular weight excluding hydrogens is 205 g/mol. The SMILES string of the molecule is Nc1c(-c2ccc(F)cc2)ncn1C1CC1. The highest BCUT2D eigenvalue weighted by atomic mass is 19.1. The molecule has 0 unspecified atom stereocenters. The monoisotopic (exact) mass is 217 g/mol. The zero-order valence-corrected chi connectivity index (χ0v) is 8.73. The van der Waals surface area contributed by atoms with Crippen LogP contribution in [0.3, 0.4) is 0 Å². The summed E-state index contributed by atoms with van der Waals surface area (Å²) in [5, 5.41) is 0. The molecule has 3 nitrogen and oxygen atoms in total. The molecule has 0 saturated heterocycles. The van der Waals surface area contributed by atoms with Crippen molar-refractivity contribution in [1.29, 1.82) is 0 Å². The fraction of sp³-hybridized carbons (Fsp3) is 0.250. The maximum Gasteiger partial charge on any atom is 0.131 e. The van der Waals surface area contributed by atoms with Gasteiger partial charge in [-0.2, -0.15) is 0 Å². The van der Waals surface area contributed by atoms with E-state index in [1.165, 1.54) is 25.0 Å². The van der Waals surface area contributed by atoms with E-state index in [9.17, 15) is 4.39 Å². The van der Waals surface area contributed by atoms with Gasteiger partial charge in [-0.25, -0.2) is 9.37 Å². The third-order valence-corrected chi connectivity index (χ3v) is 2.89. The smallest absolute Gasteiger partial charge is 0.131 e. The molecule has 82 valence electrons. The number of nitrogens with two attached hydrogens (primary N) is 1. The molecule has 0 bridgehead atoms. The Hall–Kier alpha value is -1.84. The molecule has 0 spiro atoms. The van der Waals surface area contributed by atoms with E-state index in [4.69, 9.17) is 5.73 Å². The minimum Gasteiger partial charge on any atom is -0.383 e. The van der Waals surface area contributed by atoms with Gasteiger partial charge >= 0.3 is 0 Å². The highest BCUT2D eigenvalue weighted by Gasteiger charge is 2.26. The molecule has 1 aromatic carbocycles. The van der Waals surface area contributed by atoms with E-state index in [-0.39, 0.29) is 5.82 Å². The molecule has 0 radical (unpaired) electrons. The quantitative estimate of drug-likeness (QED) is 0.840. The number of hydrogen-bond donors (Lipinski definition) is 1. The summed E-state index contributed by atoms with van der Waals surface area (Å²) in [5.74, 6) is 0.429. The van der Waals surface area contributed by atoms with Crippen LogP contribution in [-0.2, 0) is 0 Å². The Balaban J connectivity index is 2.02. The highest BCUT2D eigenvalue weighted by Crippen LogP contribution is 2.38. The zero-order chi connectivity index (χ0) is 11.1. The maximum atomic E-state index is 12.8. The van der Waals surface area contributed by atoms with E-state index < -0.39 is 0 Å². The fourth-order valence-corrected chi connectivity index (χ4v) is 1.84. The van der Waals surface area contributed by atoms with Gasteiger partial charge in [-0.3, -0.25) is 0 Å². The molecule has 1 aromatic heterocycles. The Kier molecular flexibility index (Phi) is 1.96. The van der Waals surface area contributed by atoms with Gasteiger partial charge in [0.25, 0.3) is 0 Å². The number of nitrogen functional groups attached to an aromatic ring is 1. The molecule has 1 aliphatic rings. The van der Waals surface area contributed by atoms with Gasteiger partial charge in [0.05, 0.1) is 6.33 Å². The van der Waals surface area contributed by atoms with Gasteiger partial charge in [0.15, 0.2) is 0 Å². The normalized spacial score (nSPS) is 15.3. The molecule has 1 aliphatic carbocycles. The standard InChI is InChI=1S/C12H12FN3/c13-9-3-1-8(2-4-9)11-12(14)16(7-15-11)10-5-6-10/h1-4,7,10H,5-6,14H2. The molecule has 4 heteroatoms. The van der Waals surface area contributed by atoms with Gasteiger partial charge < -0.3 is 10.3 Å². The summed E-state index contributed by atoms with van der Waals surface area (Å²) in [4.78, 5) is 4.29. The predicted octanol–water partition coefficient (Wildman–Crippen LogP) is 2.61. The second-order valence-electron chi connectivity index (χ2n) is 4.12. The number of aromatic nitrogens is 2. The first-order chi connectivity index (χ1) is 7.75. The van der Waals surface area contributed by atoms with Crippen LogP contribution in [0.1, 0.15) is 18.9 Å². The van der Waals surface area contributed by atoms with Gasteiger partial charge in [-0.1, -0.05) is 0 Å². The number of nitrogens with zero attached hydrogens (tertiary/aromatic N) is 2. The van der Waals surface area contributed by atoms with Crippen LogP contribution < -0.4 is 5.73 Å². The summed E-state index contributed by atoms with van der Waals surface area (Å²) >= 11 is 0. The minimum absolute atomic E-state index is 0.246. The molecule has 1 fully saturated rings. The third kappa shape index (κ3) is 1.46. The van der Waals surface area contributed by atoms with Crippen molar-refractivity contribution in [3.8, 4) is 11.3 Å². The third-order valence-electron chi connectivity index (χ3n) is 2.89. The number of hydrogen-bond acceptors (Lipinski definition) is 2. The van der Waals surface area contributed by atoms with Crippen LogP contribution in [0.5, 0.6) is 0 Å². The van der Waals surface area contributed by atoms with Crippen molar-refractivity contribution < 1.29 is 4.39 Å². The lowest BCUT2D eigenvalue weighted by Gasteiger charge is -2.03. The van der Waals surface area contributed by atoms with Crippen molar-refractivity contribution in [2.45, 2.75) is 18.9 Å². The fourth-order valence-electron chi connectivity index (χ4n) is 1.84. The molecular formula is C12H12FN3. The van der Waals surface area contributed by atoms with Crippen LogP contribution in [0.4, 0.5) is 10.2 Å². The lowest BCUT2D eigenvalue weighted by atomic mass is 10.1. The first-order valence-electron chi connectivity index (χ1n) is 5.34. The van der Waals surface area contributed by atoms with Crippen LogP contribution in [-0.4, -0.2) is 9.55 Å². The summed E-state index contributed by atoms with van der Waals surface area (Å²) in [6.07, 6.45) is 4.11. The summed E-state index contributed by atoms with van der Waals surface area (Å²) in [5.41, 5.74) is 7.62. The largest absolute Gasteiger partial charge is 0.383 e. The summed E-state index contributed by atoms with van der Waals surface area (Å²) < 4.78 is 14.8. The summed E-state index contributed by atoms with van der Waals surface area (Å²) in [6.45, 7) is 0. The molecule has 16 heavy (non-hydrogen) atoms. The number of halogens is 1. The second kappa shape index (κ2) is 3.33. The Morgan fingerprint density at radius 3 is 2.56 bits per heavy atom. The number of rotatable bonds is 2. The maximum absolute atomic E-state index is 12.8. The zero-order valence-electron chi connectivity index (χ0n) is 8.73. The first kappa shape index (κ1) is 9.39.